The van der Waals surface area contributed by atoms with Crippen LogP contribution in [0.15, 0.2) is 207 Å². The molecule has 0 bridgehead atoms. The molecular formula is C59H32N4O3. The van der Waals surface area contributed by atoms with Crippen LogP contribution in [0.2, 0.25) is 0 Å². The molecular weight excluding hydrogens is 813 g/mol. The number of rotatable bonds is 4. The molecule has 0 saturated heterocycles. The maximum absolute atomic E-state index is 6.95. The minimum atomic E-state index is 0.480. The van der Waals surface area contributed by atoms with Crippen molar-refractivity contribution in [3.63, 3.8) is 0 Å². The molecule has 5 heterocycles. The van der Waals surface area contributed by atoms with Gasteiger partial charge >= 0.3 is 0 Å². The van der Waals surface area contributed by atoms with Crippen LogP contribution in [0.5, 0.6) is 0 Å². The molecule has 0 N–H and O–H groups in total. The molecule has 0 unspecified atom stereocenters. The Morgan fingerprint density at radius 3 is 1.48 bits per heavy atom. The zero-order chi connectivity index (χ0) is 43.0. The third-order valence-corrected chi connectivity index (χ3v) is 13.4. The van der Waals surface area contributed by atoms with Gasteiger partial charge in [0.25, 0.3) is 0 Å². The van der Waals surface area contributed by atoms with Gasteiger partial charge in [0.1, 0.15) is 33.5 Å². The van der Waals surface area contributed by atoms with E-state index in [1.807, 2.05) is 60.7 Å². The second-order valence-corrected chi connectivity index (χ2v) is 17.1. The average molecular weight is 845 g/mol. The average Bonchev–Trinajstić information content (AvgIpc) is 4.13. The predicted octanol–water partition coefficient (Wildman–Crippen LogP) is 16.0. The van der Waals surface area contributed by atoms with Crippen LogP contribution in [0.4, 0.5) is 0 Å². The van der Waals surface area contributed by atoms with Gasteiger partial charge in [0, 0.05) is 43.3 Å². The minimum Gasteiger partial charge on any atom is -0.456 e. The fraction of sp³-hybridized carbons (Fsp3) is 0. The summed E-state index contributed by atoms with van der Waals surface area (Å²) in [5.74, 6) is 1.44. The van der Waals surface area contributed by atoms with Crippen LogP contribution in [0.3, 0.4) is 0 Å². The first-order valence-corrected chi connectivity index (χ1v) is 22.1. The highest BCUT2D eigenvalue weighted by molar-refractivity contribution is 6.19. The zero-order valence-electron chi connectivity index (χ0n) is 35.0. The van der Waals surface area contributed by atoms with E-state index in [0.29, 0.717) is 28.6 Å². The lowest BCUT2D eigenvalue weighted by Gasteiger charge is -2.13. The summed E-state index contributed by atoms with van der Waals surface area (Å²) in [5, 5.41) is 13.0. The maximum atomic E-state index is 6.95. The molecule has 10 aromatic carbocycles. The van der Waals surface area contributed by atoms with Crippen LogP contribution in [0, 0.1) is 0 Å². The first-order chi connectivity index (χ1) is 32.7. The van der Waals surface area contributed by atoms with Crippen LogP contribution in [0.1, 0.15) is 0 Å². The quantitative estimate of drug-likeness (QED) is 0.175. The lowest BCUT2D eigenvalue weighted by Crippen LogP contribution is -2.02. The smallest absolute Gasteiger partial charge is 0.167 e. The van der Waals surface area contributed by atoms with E-state index < -0.39 is 0 Å². The van der Waals surface area contributed by atoms with Gasteiger partial charge in [0.15, 0.2) is 17.5 Å². The lowest BCUT2D eigenvalue weighted by atomic mass is 10.0. The van der Waals surface area contributed by atoms with Crippen LogP contribution in [0.25, 0.3) is 149 Å². The van der Waals surface area contributed by atoms with Crippen molar-refractivity contribution in [3.8, 4) is 39.9 Å². The molecule has 0 aliphatic rings. The first kappa shape index (κ1) is 35.4. The standard InChI is InChI=1S/C59H32N4O3/c1-3-15-35-29-48-45(27-33(35)13-1)38-17-5-8-24-47(38)63(48)49-30-37(32-53-54(49)46-28-34-14-2-4-16-36(34)31-52(46)64-53)57-60-58(43-22-11-20-41-39-18-6-9-25-50(39)65-55(41)43)62-59(61-57)44-23-12-21-42-40-19-7-10-26-51(40)66-56(42)44/h1-32H. The summed E-state index contributed by atoms with van der Waals surface area (Å²) < 4.78 is 22.6. The molecule has 0 radical (unpaired) electrons. The van der Waals surface area contributed by atoms with E-state index in [1.54, 1.807) is 0 Å². The van der Waals surface area contributed by atoms with Crippen LogP contribution >= 0.6 is 0 Å². The molecule has 0 aliphatic carbocycles. The number of nitrogens with zero attached hydrogens (tertiary/aromatic N) is 4. The number of furan rings is 3. The van der Waals surface area contributed by atoms with E-state index in [4.69, 9.17) is 28.2 Å². The Labute approximate surface area is 374 Å². The second-order valence-electron chi connectivity index (χ2n) is 17.1. The summed E-state index contributed by atoms with van der Waals surface area (Å²) in [7, 11) is 0. The Kier molecular flexibility index (Phi) is 7.10. The number of aromatic nitrogens is 4. The van der Waals surface area contributed by atoms with Gasteiger partial charge in [0.2, 0.25) is 0 Å². The van der Waals surface area contributed by atoms with Crippen molar-refractivity contribution in [3.05, 3.63) is 194 Å². The molecule has 306 valence electrons. The van der Waals surface area contributed by atoms with Gasteiger partial charge in [-0.15, -0.1) is 0 Å². The van der Waals surface area contributed by atoms with Gasteiger partial charge in [-0.1, -0.05) is 127 Å². The van der Waals surface area contributed by atoms with E-state index in [9.17, 15) is 0 Å². The Morgan fingerprint density at radius 2 is 0.833 bits per heavy atom. The van der Waals surface area contributed by atoms with Crippen LogP contribution in [-0.2, 0) is 0 Å². The first-order valence-electron chi connectivity index (χ1n) is 22.1. The van der Waals surface area contributed by atoms with Crippen LogP contribution < -0.4 is 0 Å². The summed E-state index contributed by atoms with van der Waals surface area (Å²) >= 11 is 0. The summed E-state index contributed by atoms with van der Waals surface area (Å²) in [6.45, 7) is 0. The monoisotopic (exact) mass is 844 g/mol. The molecule has 66 heavy (non-hydrogen) atoms. The van der Waals surface area contributed by atoms with E-state index in [1.165, 1.54) is 10.8 Å². The van der Waals surface area contributed by atoms with Gasteiger partial charge in [-0.2, -0.15) is 0 Å². The number of hydrogen-bond acceptors (Lipinski definition) is 6. The molecule has 15 aromatic rings. The summed E-state index contributed by atoms with van der Waals surface area (Å²) in [5.41, 5.74) is 9.97. The van der Waals surface area contributed by atoms with Crippen LogP contribution in [-0.4, -0.2) is 19.5 Å². The highest BCUT2D eigenvalue weighted by atomic mass is 16.3. The molecule has 0 spiro atoms. The normalized spacial score (nSPS) is 12.2. The zero-order valence-corrected chi connectivity index (χ0v) is 35.0. The Hall–Kier alpha value is -9.07. The van der Waals surface area contributed by atoms with Gasteiger partial charge < -0.3 is 17.8 Å². The van der Waals surface area contributed by atoms with Crippen molar-refractivity contribution in [2.24, 2.45) is 0 Å². The molecule has 0 atom stereocenters. The lowest BCUT2D eigenvalue weighted by molar-refractivity contribution is 0.668. The largest absolute Gasteiger partial charge is 0.456 e. The molecule has 0 saturated carbocycles. The van der Waals surface area contributed by atoms with Gasteiger partial charge in [-0.05, 0) is 88.3 Å². The van der Waals surface area contributed by atoms with E-state index in [2.05, 4.69) is 138 Å². The fourth-order valence-electron chi connectivity index (χ4n) is 10.4. The third-order valence-electron chi connectivity index (χ3n) is 13.4. The molecule has 0 aliphatic heterocycles. The van der Waals surface area contributed by atoms with Crippen molar-refractivity contribution in [2.75, 3.05) is 0 Å². The number of fused-ring (bicyclic) bond motifs is 14. The maximum Gasteiger partial charge on any atom is 0.167 e. The SMILES string of the molecule is c1ccc2cc3c(cc2c1)oc1cc(-c2nc(-c4cccc5c4oc4ccccc45)nc(-c4cccc5c4oc4ccccc45)n2)cc(-n2c4ccccc4c4cc5ccccc5cc42)c13. The molecule has 7 heteroatoms. The minimum absolute atomic E-state index is 0.480. The number of para-hydroxylation sites is 5. The highest BCUT2D eigenvalue weighted by Gasteiger charge is 2.24. The van der Waals surface area contributed by atoms with Crippen molar-refractivity contribution < 1.29 is 13.3 Å². The molecule has 15 rings (SSSR count). The Bertz CT molecular complexity index is 4420. The van der Waals surface area contributed by atoms with Gasteiger partial charge in [-0.25, -0.2) is 15.0 Å². The Balaban J connectivity index is 1.07. The van der Waals surface area contributed by atoms with E-state index >= 15 is 0 Å². The number of hydrogen-bond donors (Lipinski definition) is 0. The van der Waals surface area contributed by atoms with Gasteiger partial charge in [-0.3, -0.25) is 0 Å². The Morgan fingerprint density at radius 1 is 0.318 bits per heavy atom. The summed E-state index contributed by atoms with van der Waals surface area (Å²) in [4.78, 5) is 16.0. The topological polar surface area (TPSA) is 83.0 Å². The molecule has 0 amide bonds. The second kappa shape index (κ2) is 13.2. The van der Waals surface area contributed by atoms with E-state index in [-0.39, 0.29) is 0 Å². The van der Waals surface area contributed by atoms with E-state index in [0.717, 1.165) is 110 Å². The third kappa shape index (κ3) is 5.05. The summed E-state index contributed by atoms with van der Waals surface area (Å²) in [6.07, 6.45) is 0. The van der Waals surface area contributed by atoms with Crippen molar-refractivity contribution >= 4 is 109 Å². The van der Waals surface area contributed by atoms with Crippen molar-refractivity contribution in [1.29, 1.82) is 0 Å². The molecule has 7 nitrogen and oxygen atoms in total. The fourth-order valence-corrected chi connectivity index (χ4v) is 10.4. The predicted molar refractivity (Wildman–Crippen MR) is 267 cm³/mol. The molecule has 0 fully saturated rings. The summed E-state index contributed by atoms with van der Waals surface area (Å²) in [6, 6.07) is 67.5. The van der Waals surface area contributed by atoms with Gasteiger partial charge in [0.05, 0.1) is 33.2 Å². The number of benzene rings is 10. The molecule has 5 aromatic heterocycles. The van der Waals surface area contributed by atoms with Crippen molar-refractivity contribution in [1.82, 2.24) is 19.5 Å². The van der Waals surface area contributed by atoms with Crippen molar-refractivity contribution in [2.45, 2.75) is 0 Å². The highest BCUT2D eigenvalue weighted by Crippen LogP contribution is 2.44.